The Morgan fingerprint density at radius 3 is 2.31 bits per heavy atom. The lowest BCUT2D eigenvalue weighted by molar-refractivity contribution is -0.128. The fraction of sp³-hybridized carbons (Fsp3) is 0.571. The van der Waals surface area contributed by atoms with Crippen molar-refractivity contribution < 1.29 is 9.59 Å². The van der Waals surface area contributed by atoms with Crippen molar-refractivity contribution in [3.63, 3.8) is 0 Å². The first kappa shape index (κ1) is 24.3. The lowest BCUT2D eigenvalue weighted by Crippen LogP contribution is -2.47. The SMILES string of the molecule is CNC(=O)C(C)(C)CNC(=NCC(=O)N(C)C)NCCCN(C)c1ccccc1. The summed E-state index contributed by atoms with van der Waals surface area (Å²) in [6.07, 6.45) is 0.895. The number of anilines is 1. The van der Waals surface area contributed by atoms with Gasteiger partial charge in [-0.2, -0.15) is 0 Å². The van der Waals surface area contributed by atoms with Gasteiger partial charge >= 0.3 is 0 Å². The van der Waals surface area contributed by atoms with Gasteiger partial charge in [-0.1, -0.05) is 18.2 Å². The van der Waals surface area contributed by atoms with Gasteiger partial charge in [0.05, 0.1) is 5.41 Å². The number of carbonyl (C=O) groups excluding carboxylic acids is 2. The molecule has 0 saturated heterocycles. The van der Waals surface area contributed by atoms with Gasteiger partial charge in [-0.25, -0.2) is 4.99 Å². The van der Waals surface area contributed by atoms with E-state index < -0.39 is 5.41 Å². The molecule has 162 valence electrons. The normalized spacial score (nSPS) is 11.6. The topological polar surface area (TPSA) is 89.1 Å². The number of hydrogen-bond donors (Lipinski definition) is 3. The summed E-state index contributed by atoms with van der Waals surface area (Å²) in [7, 11) is 7.08. The van der Waals surface area contributed by atoms with Gasteiger partial charge < -0.3 is 25.8 Å². The second-order valence-electron chi connectivity index (χ2n) is 7.81. The zero-order valence-electron chi connectivity index (χ0n) is 18.6. The summed E-state index contributed by atoms with van der Waals surface area (Å²) in [4.78, 5) is 31.9. The summed E-state index contributed by atoms with van der Waals surface area (Å²) < 4.78 is 0. The number of likely N-dealkylation sites (N-methyl/N-ethyl adjacent to an activating group) is 1. The van der Waals surface area contributed by atoms with Crippen LogP contribution in [-0.2, 0) is 9.59 Å². The number of aliphatic imine (C=N–C) groups is 1. The number of benzene rings is 1. The number of carbonyl (C=O) groups is 2. The van der Waals surface area contributed by atoms with E-state index in [0.717, 1.165) is 13.0 Å². The Morgan fingerprint density at radius 1 is 1.07 bits per heavy atom. The Balaban J connectivity index is 2.60. The van der Waals surface area contributed by atoms with Crippen molar-refractivity contribution in [1.29, 1.82) is 0 Å². The van der Waals surface area contributed by atoms with E-state index in [1.807, 2.05) is 32.0 Å². The third-order valence-electron chi connectivity index (χ3n) is 4.57. The van der Waals surface area contributed by atoms with Crippen molar-refractivity contribution in [3.8, 4) is 0 Å². The summed E-state index contributed by atoms with van der Waals surface area (Å²) in [6.45, 7) is 5.74. The summed E-state index contributed by atoms with van der Waals surface area (Å²) >= 11 is 0. The van der Waals surface area contributed by atoms with Gasteiger partial charge in [-0.05, 0) is 32.4 Å². The standard InChI is InChI=1S/C21H36N6O2/c1-21(2,19(29)22-3)16-25-20(24-15-18(28)26(4)5)23-13-10-14-27(6)17-11-8-7-9-12-17/h7-9,11-12H,10,13-16H2,1-6H3,(H,22,29)(H2,23,24,25). The Bertz CT molecular complexity index is 673. The van der Waals surface area contributed by atoms with Gasteiger partial charge in [0.1, 0.15) is 6.54 Å². The number of guanidine groups is 1. The van der Waals surface area contributed by atoms with Gasteiger partial charge in [0.15, 0.2) is 5.96 Å². The minimum absolute atomic E-state index is 0.0483. The molecular formula is C21H36N6O2. The van der Waals surface area contributed by atoms with E-state index in [2.05, 4.69) is 45.0 Å². The predicted octanol–water partition coefficient (Wildman–Crippen LogP) is 0.909. The predicted molar refractivity (Wildman–Crippen MR) is 119 cm³/mol. The maximum absolute atomic E-state index is 12.0. The van der Waals surface area contributed by atoms with Crippen LogP contribution >= 0.6 is 0 Å². The maximum Gasteiger partial charge on any atom is 0.243 e. The molecule has 0 aliphatic carbocycles. The molecule has 3 N–H and O–H groups in total. The first-order valence-electron chi connectivity index (χ1n) is 9.88. The number of hydrogen-bond acceptors (Lipinski definition) is 4. The molecule has 0 aliphatic heterocycles. The molecule has 0 bridgehead atoms. The van der Waals surface area contributed by atoms with Crippen molar-refractivity contribution in [1.82, 2.24) is 20.9 Å². The molecule has 8 nitrogen and oxygen atoms in total. The highest BCUT2D eigenvalue weighted by Crippen LogP contribution is 2.13. The number of amides is 2. The number of para-hydroxylation sites is 1. The van der Waals surface area contributed by atoms with Gasteiger partial charge in [-0.15, -0.1) is 0 Å². The molecule has 0 atom stereocenters. The summed E-state index contributed by atoms with van der Waals surface area (Å²) in [6, 6.07) is 10.2. The molecule has 0 heterocycles. The van der Waals surface area contributed by atoms with Crippen molar-refractivity contribution in [3.05, 3.63) is 30.3 Å². The van der Waals surface area contributed by atoms with Gasteiger partial charge in [0, 0.05) is 53.5 Å². The Kier molecular flexibility index (Phi) is 9.99. The summed E-state index contributed by atoms with van der Waals surface area (Å²) in [5.41, 5.74) is 0.569. The highest BCUT2D eigenvalue weighted by Gasteiger charge is 2.26. The van der Waals surface area contributed by atoms with E-state index >= 15 is 0 Å². The highest BCUT2D eigenvalue weighted by molar-refractivity contribution is 5.86. The zero-order chi connectivity index (χ0) is 21.9. The monoisotopic (exact) mass is 404 g/mol. The van der Waals surface area contributed by atoms with Crippen LogP contribution in [0.15, 0.2) is 35.3 Å². The molecule has 29 heavy (non-hydrogen) atoms. The van der Waals surface area contributed by atoms with Crippen molar-refractivity contribution >= 4 is 23.5 Å². The van der Waals surface area contributed by atoms with Crippen molar-refractivity contribution in [2.24, 2.45) is 10.4 Å². The van der Waals surface area contributed by atoms with Crippen LogP contribution in [0.2, 0.25) is 0 Å². The first-order valence-corrected chi connectivity index (χ1v) is 9.88. The van der Waals surface area contributed by atoms with E-state index in [4.69, 9.17) is 0 Å². The summed E-state index contributed by atoms with van der Waals surface area (Å²) in [5.74, 6) is 0.387. The second-order valence-corrected chi connectivity index (χ2v) is 7.81. The summed E-state index contributed by atoms with van der Waals surface area (Å²) in [5, 5.41) is 9.11. The molecule has 0 fully saturated rings. The van der Waals surface area contributed by atoms with Crippen LogP contribution in [0.4, 0.5) is 5.69 Å². The highest BCUT2D eigenvalue weighted by atomic mass is 16.2. The van der Waals surface area contributed by atoms with E-state index in [0.29, 0.717) is 19.0 Å². The fourth-order valence-corrected chi connectivity index (χ4v) is 2.52. The molecule has 1 aromatic rings. The second kappa shape index (κ2) is 11.9. The first-order chi connectivity index (χ1) is 13.7. The average Bonchev–Trinajstić information content (AvgIpc) is 2.71. The van der Waals surface area contributed by atoms with E-state index in [-0.39, 0.29) is 18.4 Å². The van der Waals surface area contributed by atoms with Crippen LogP contribution in [-0.4, -0.2) is 77.0 Å². The fourth-order valence-electron chi connectivity index (χ4n) is 2.52. The molecule has 0 saturated carbocycles. The van der Waals surface area contributed by atoms with Crippen LogP contribution in [0.1, 0.15) is 20.3 Å². The number of nitrogens with one attached hydrogen (secondary N) is 3. The molecule has 0 spiro atoms. The third-order valence-corrected chi connectivity index (χ3v) is 4.57. The Morgan fingerprint density at radius 2 is 1.72 bits per heavy atom. The molecule has 0 aliphatic rings. The molecule has 8 heteroatoms. The van der Waals surface area contributed by atoms with E-state index in [9.17, 15) is 9.59 Å². The van der Waals surface area contributed by atoms with E-state index in [1.54, 1.807) is 21.1 Å². The smallest absolute Gasteiger partial charge is 0.243 e. The van der Waals surface area contributed by atoms with Gasteiger partial charge in [0.2, 0.25) is 11.8 Å². The maximum atomic E-state index is 12.0. The van der Waals surface area contributed by atoms with Gasteiger partial charge in [-0.3, -0.25) is 9.59 Å². The van der Waals surface area contributed by atoms with Crippen LogP contribution < -0.4 is 20.9 Å². The molecule has 0 radical (unpaired) electrons. The Hall–Kier alpha value is -2.77. The largest absolute Gasteiger partial charge is 0.375 e. The van der Waals surface area contributed by atoms with Gasteiger partial charge in [0.25, 0.3) is 0 Å². The molecule has 0 aromatic heterocycles. The van der Waals surface area contributed by atoms with E-state index in [1.165, 1.54) is 10.6 Å². The van der Waals surface area contributed by atoms with Crippen LogP contribution in [0.3, 0.4) is 0 Å². The molecule has 1 rings (SSSR count). The molecule has 2 amide bonds. The number of rotatable bonds is 10. The minimum Gasteiger partial charge on any atom is -0.375 e. The average molecular weight is 405 g/mol. The lowest BCUT2D eigenvalue weighted by atomic mass is 9.92. The molecule has 1 aromatic carbocycles. The zero-order valence-corrected chi connectivity index (χ0v) is 18.6. The van der Waals surface area contributed by atoms with Crippen LogP contribution in [0.25, 0.3) is 0 Å². The quantitative estimate of drug-likeness (QED) is 0.306. The van der Waals surface area contributed by atoms with Crippen LogP contribution in [0, 0.1) is 5.41 Å². The van der Waals surface area contributed by atoms with Crippen LogP contribution in [0.5, 0.6) is 0 Å². The number of nitrogens with zero attached hydrogens (tertiary/aromatic N) is 3. The molecular weight excluding hydrogens is 368 g/mol. The minimum atomic E-state index is -0.601. The third kappa shape index (κ3) is 8.85. The van der Waals surface area contributed by atoms with Crippen molar-refractivity contribution in [2.75, 3.05) is 59.3 Å². The molecule has 0 unspecified atom stereocenters. The Labute approximate surface area is 174 Å². The van der Waals surface area contributed by atoms with Crippen molar-refractivity contribution in [2.45, 2.75) is 20.3 Å². The lowest BCUT2D eigenvalue weighted by Gasteiger charge is -2.24.